The van der Waals surface area contributed by atoms with E-state index >= 15 is 0 Å². The predicted molar refractivity (Wildman–Crippen MR) is 69.7 cm³/mol. The largest absolute Gasteiger partial charge is 0.378 e. The molecule has 96 valence electrons. The molecule has 2 heteroatoms. The van der Waals surface area contributed by atoms with Crippen molar-refractivity contribution in [2.75, 3.05) is 13.2 Å². The van der Waals surface area contributed by atoms with E-state index in [-0.39, 0.29) is 0 Å². The van der Waals surface area contributed by atoms with Crippen LogP contribution in [0, 0.1) is 5.41 Å². The van der Waals surface area contributed by atoms with Crippen molar-refractivity contribution in [1.29, 1.82) is 0 Å². The highest BCUT2D eigenvalue weighted by atomic mass is 16.5. The molecule has 1 N–H and O–H groups in total. The van der Waals surface area contributed by atoms with Crippen molar-refractivity contribution in [2.45, 2.75) is 71.9 Å². The first kappa shape index (κ1) is 14.0. The second kappa shape index (κ2) is 6.61. The molecule has 0 bridgehead atoms. The second-order valence-corrected chi connectivity index (χ2v) is 5.87. The molecule has 1 saturated heterocycles. The third-order valence-electron chi connectivity index (χ3n) is 3.88. The van der Waals surface area contributed by atoms with Crippen LogP contribution in [0.4, 0.5) is 0 Å². The highest BCUT2D eigenvalue weighted by Gasteiger charge is 2.25. The van der Waals surface area contributed by atoms with Crippen molar-refractivity contribution in [3.63, 3.8) is 0 Å². The van der Waals surface area contributed by atoms with Crippen LogP contribution in [-0.2, 0) is 4.74 Å². The zero-order chi connectivity index (χ0) is 12.0. The maximum atomic E-state index is 5.70. The summed E-state index contributed by atoms with van der Waals surface area (Å²) in [6.45, 7) is 11.3. The van der Waals surface area contributed by atoms with Gasteiger partial charge in [0.15, 0.2) is 0 Å². The molecule has 1 fully saturated rings. The molecule has 0 aromatic rings. The van der Waals surface area contributed by atoms with Crippen LogP contribution in [0.15, 0.2) is 0 Å². The van der Waals surface area contributed by atoms with E-state index in [0.717, 1.165) is 13.2 Å². The molecule has 1 heterocycles. The van der Waals surface area contributed by atoms with Gasteiger partial charge in [-0.1, -0.05) is 27.7 Å². The molecular weight excluding hydrogens is 198 g/mol. The standard InChI is InChI=1S/C14H29NO/c1-5-14(4,11-15-12(2)3)9-8-13-7-6-10-16-13/h12-13,15H,5-11H2,1-4H3. The van der Waals surface area contributed by atoms with Gasteiger partial charge in [-0.3, -0.25) is 0 Å². The minimum atomic E-state index is 0.441. The Morgan fingerprint density at radius 2 is 2.19 bits per heavy atom. The first-order valence-electron chi connectivity index (χ1n) is 6.91. The first-order valence-corrected chi connectivity index (χ1v) is 6.91. The average Bonchev–Trinajstić information content (AvgIpc) is 2.76. The van der Waals surface area contributed by atoms with E-state index in [1.165, 1.54) is 32.1 Å². The Hall–Kier alpha value is -0.0800. The number of hydrogen-bond acceptors (Lipinski definition) is 2. The van der Waals surface area contributed by atoms with E-state index < -0.39 is 0 Å². The maximum Gasteiger partial charge on any atom is 0.0576 e. The monoisotopic (exact) mass is 227 g/mol. The van der Waals surface area contributed by atoms with Gasteiger partial charge in [0, 0.05) is 19.2 Å². The lowest BCUT2D eigenvalue weighted by Crippen LogP contribution is -2.35. The summed E-state index contributed by atoms with van der Waals surface area (Å²) in [6, 6.07) is 0.591. The summed E-state index contributed by atoms with van der Waals surface area (Å²) in [6.07, 6.45) is 6.86. The fourth-order valence-corrected chi connectivity index (χ4v) is 2.22. The molecule has 2 unspecified atom stereocenters. The van der Waals surface area contributed by atoms with Crippen molar-refractivity contribution >= 4 is 0 Å². The summed E-state index contributed by atoms with van der Waals surface area (Å²) >= 11 is 0. The lowest BCUT2D eigenvalue weighted by atomic mass is 9.81. The molecule has 1 rings (SSSR count). The van der Waals surface area contributed by atoms with E-state index in [1.807, 2.05) is 0 Å². The van der Waals surface area contributed by atoms with Crippen LogP contribution in [0.1, 0.15) is 59.8 Å². The number of nitrogens with one attached hydrogen (secondary N) is 1. The summed E-state index contributed by atoms with van der Waals surface area (Å²) < 4.78 is 5.70. The van der Waals surface area contributed by atoms with Gasteiger partial charge in [0.25, 0.3) is 0 Å². The molecule has 0 amide bonds. The number of ether oxygens (including phenoxy) is 1. The number of hydrogen-bond donors (Lipinski definition) is 1. The normalized spacial score (nSPS) is 24.9. The molecule has 0 spiro atoms. The topological polar surface area (TPSA) is 21.3 Å². The molecule has 0 aromatic heterocycles. The smallest absolute Gasteiger partial charge is 0.0576 e. The summed E-state index contributed by atoms with van der Waals surface area (Å²) in [5.74, 6) is 0. The van der Waals surface area contributed by atoms with Crippen molar-refractivity contribution in [3.05, 3.63) is 0 Å². The van der Waals surface area contributed by atoms with Gasteiger partial charge in [-0.05, 0) is 37.5 Å². The molecule has 16 heavy (non-hydrogen) atoms. The minimum absolute atomic E-state index is 0.441. The Morgan fingerprint density at radius 3 is 2.69 bits per heavy atom. The molecule has 0 saturated carbocycles. The van der Waals surface area contributed by atoms with Gasteiger partial charge in [-0.2, -0.15) is 0 Å². The summed E-state index contributed by atoms with van der Waals surface area (Å²) in [5.41, 5.74) is 0.441. The van der Waals surface area contributed by atoms with Crippen molar-refractivity contribution in [1.82, 2.24) is 5.32 Å². The van der Waals surface area contributed by atoms with Crippen molar-refractivity contribution in [2.24, 2.45) is 5.41 Å². The highest BCUT2D eigenvalue weighted by Crippen LogP contribution is 2.30. The maximum absolute atomic E-state index is 5.70. The summed E-state index contributed by atoms with van der Waals surface area (Å²) in [4.78, 5) is 0. The second-order valence-electron chi connectivity index (χ2n) is 5.87. The summed E-state index contributed by atoms with van der Waals surface area (Å²) in [7, 11) is 0. The van der Waals surface area contributed by atoms with Crippen molar-refractivity contribution in [3.8, 4) is 0 Å². The number of rotatable bonds is 7. The van der Waals surface area contributed by atoms with Gasteiger partial charge in [0.2, 0.25) is 0 Å². The van der Waals surface area contributed by atoms with Crippen LogP contribution in [0.3, 0.4) is 0 Å². The van der Waals surface area contributed by atoms with E-state index in [1.54, 1.807) is 0 Å². The van der Waals surface area contributed by atoms with Crippen molar-refractivity contribution < 1.29 is 4.74 Å². The minimum Gasteiger partial charge on any atom is -0.378 e. The molecule has 0 aliphatic carbocycles. The van der Waals surface area contributed by atoms with Gasteiger partial charge in [0.05, 0.1) is 6.10 Å². The van der Waals surface area contributed by atoms with Gasteiger partial charge in [-0.15, -0.1) is 0 Å². The van der Waals surface area contributed by atoms with Gasteiger partial charge in [-0.25, -0.2) is 0 Å². The fourth-order valence-electron chi connectivity index (χ4n) is 2.22. The third-order valence-corrected chi connectivity index (χ3v) is 3.88. The Kier molecular flexibility index (Phi) is 5.77. The van der Waals surface area contributed by atoms with Crippen LogP contribution >= 0.6 is 0 Å². The van der Waals surface area contributed by atoms with Gasteiger partial charge in [0.1, 0.15) is 0 Å². The molecular formula is C14H29NO. The average molecular weight is 227 g/mol. The van der Waals surface area contributed by atoms with Crippen LogP contribution < -0.4 is 5.32 Å². The molecule has 2 atom stereocenters. The SMILES string of the molecule is CCC(C)(CCC1CCCO1)CNC(C)C. The molecule has 1 aliphatic heterocycles. The van der Waals surface area contributed by atoms with Gasteiger partial charge < -0.3 is 10.1 Å². The zero-order valence-electron chi connectivity index (χ0n) is 11.5. The Balaban J connectivity index is 2.27. The van der Waals surface area contributed by atoms with Crippen LogP contribution in [0.25, 0.3) is 0 Å². The molecule has 0 aromatic carbocycles. The van der Waals surface area contributed by atoms with Gasteiger partial charge >= 0.3 is 0 Å². The van der Waals surface area contributed by atoms with E-state index in [4.69, 9.17) is 4.74 Å². The molecule has 2 nitrogen and oxygen atoms in total. The van der Waals surface area contributed by atoms with E-state index in [2.05, 4.69) is 33.0 Å². The predicted octanol–water partition coefficient (Wildman–Crippen LogP) is 3.36. The van der Waals surface area contributed by atoms with Crippen LogP contribution in [0.5, 0.6) is 0 Å². The third kappa shape index (κ3) is 4.84. The Bertz CT molecular complexity index is 187. The van der Waals surface area contributed by atoms with Crippen LogP contribution in [0.2, 0.25) is 0 Å². The lowest BCUT2D eigenvalue weighted by molar-refractivity contribution is 0.0882. The van der Waals surface area contributed by atoms with Crippen LogP contribution in [-0.4, -0.2) is 25.3 Å². The van der Waals surface area contributed by atoms with E-state index in [9.17, 15) is 0 Å². The Morgan fingerprint density at radius 1 is 1.44 bits per heavy atom. The quantitative estimate of drug-likeness (QED) is 0.720. The zero-order valence-corrected chi connectivity index (χ0v) is 11.5. The highest BCUT2D eigenvalue weighted by molar-refractivity contribution is 4.79. The molecule has 1 aliphatic rings. The summed E-state index contributed by atoms with van der Waals surface area (Å²) in [5, 5.41) is 3.57. The Labute approximate surface area is 101 Å². The lowest BCUT2D eigenvalue weighted by Gasteiger charge is -2.30. The first-order chi connectivity index (χ1) is 7.56. The molecule has 0 radical (unpaired) electrons. The fraction of sp³-hybridized carbons (Fsp3) is 1.00. The van der Waals surface area contributed by atoms with E-state index in [0.29, 0.717) is 17.6 Å².